The molecule has 1 aliphatic heterocycles. The van der Waals surface area contributed by atoms with Crippen molar-refractivity contribution in [2.24, 2.45) is 5.92 Å². The van der Waals surface area contributed by atoms with E-state index in [4.69, 9.17) is 9.15 Å². The number of methoxy groups -OCH3 is 1. The highest BCUT2D eigenvalue weighted by Gasteiger charge is 2.41. The second-order valence-electron chi connectivity index (χ2n) is 6.51. The summed E-state index contributed by atoms with van der Waals surface area (Å²) >= 11 is 0. The summed E-state index contributed by atoms with van der Waals surface area (Å²) in [6.07, 6.45) is 3.29. The minimum Gasteiger partial charge on any atom is -0.492 e. The van der Waals surface area contributed by atoms with E-state index in [0.717, 1.165) is 18.2 Å². The number of fused-ring (bicyclic) bond motifs is 1. The predicted octanol–water partition coefficient (Wildman–Crippen LogP) is 2.23. The van der Waals surface area contributed by atoms with Crippen molar-refractivity contribution in [3.05, 3.63) is 30.0 Å². The van der Waals surface area contributed by atoms with Gasteiger partial charge in [-0.3, -0.25) is 9.59 Å². The van der Waals surface area contributed by atoms with Crippen molar-refractivity contribution < 1.29 is 18.7 Å². The molecule has 2 atom stereocenters. The van der Waals surface area contributed by atoms with E-state index in [1.165, 1.54) is 7.11 Å². The fourth-order valence-corrected chi connectivity index (χ4v) is 3.50. The van der Waals surface area contributed by atoms with Gasteiger partial charge in [0.2, 0.25) is 11.7 Å². The van der Waals surface area contributed by atoms with Crippen molar-refractivity contribution in [1.82, 2.24) is 10.6 Å². The summed E-state index contributed by atoms with van der Waals surface area (Å²) in [5, 5.41) is 6.84. The van der Waals surface area contributed by atoms with E-state index in [1.807, 2.05) is 24.3 Å². The van der Waals surface area contributed by atoms with Crippen LogP contribution in [-0.4, -0.2) is 31.0 Å². The molecule has 0 unspecified atom stereocenters. The molecule has 2 heterocycles. The Balaban J connectivity index is 1.58. The summed E-state index contributed by atoms with van der Waals surface area (Å²) in [6.45, 7) is 0. The van der Waals surface area contributed by atoms with Crippen molar-refractivity contribution in [1.29, 1.82) is 0 Å². The molecule has 0 spiro atoms. The first kappa shape index (κ1) is 15.1. The van der Waals surface area contributed by atoms with Gasteiger partial charge in [-0.2, -0.15) is 0 Å². The lowest BCUT2D eigenvalue weighted by molar-refractivity contribution is -0.124. The van der Waals surface area contributed by atoms with Crippen LogP contribution in [-0.2, 0) is 4.79 Å². The Labute approximate surface area is 139 Å². The van der Waals surface area contributed by atoms with Crippen LogP contribution in [0.1, 0.15) is 36.2 Å². The zero-order valence-corrected chi connectivity index (χ0v) is 13.5. The summed E-state index contributed by atoms with van der Waals surface area (Å²) < 4.78 is 11.1. The van der Waals surface area contributed by atoms with Crippen molar-refractivity contribution in [2.45, 2.75) is 37.8 Å². The smallest absolute Gasteiger partial charge is 0.291 e. The minimum absolute atomic E-state index is 0.0190. The van der Waals surface area contributed by atoms with Gasteiger partial charge in [0.1, 0.15) is 5.58 Å². The zero-order valence-electron chi connectivity index (χ0n) is 13.5. The fraction of sp³-hybridized carbons (Fsp3) is 0.444. The highest BCUT2D eigenvalue weighted by atomic mass is 16.5. The van der Waals surface area contributed by atoms with Crippen molar-refractivity contribution in [2.75, 3.05) is 7.11 Å². The molecule has 4 rings (SSSR count). The molecule has 1 saturated heterocycles. The Morgan fingerprint density at radius 3 is 2.83 bits per heavy atom. The molecule has 1 aliphatic carbocycles. The summed E-state index contributed by atoms with van der Waals surface area (Å²) in [5.74, 6) is 0.877. The van der Waals surface area contributed by atoms with Gasteiger partial charge in [-0.15, -0.1) is 0 Å². The number of hydrogen-bond donors (Lipinski definition) is 2. The summed E-state index contributed by atoms with van der Waals surface area (Å²) in [4.78, 5) is 24.4. The van der Waals surface area contributed by atoms with Gasteiger partial charge in [-0.1, -0.05) is 12.1 Å². The number of hydrogen-bond acceptors (Lipinski definition) is 4. The molecule has 2 amide bonds. The maximum Gasteiger partial charge on any atom is 0.291 e. The van der Waals surface area contributed by atoms with E-state index in [9.17, 15) is 9.59 Å². The van der Waals surface area contributed by atoms with Crippen LogP contribution in [0.3, 0.4) is 0 Å². The van der Waals surface area contributed by atoms with Crippen LogP contribution in [0.2, 0.25) is 0 Å². The molecule has 1 aromatic carbocycles. The van der Waals surface area contributed by atoms with E-state index in [2.05, 4.69) is 10.6 Å². The average Bonchev–Trinajstić information content (AvgIpc) is 3.36. The second kappa shape index (κ2) is 5.85. The number of carbonyl (C=O) groups excluding carboxylic acids is 2. The van der Waals surface area contributed by atoms with E-state index in [1.54, 1.807) is 0 Å². The number of nitrogens with one attached hydrogen (secondary N) is 2. The first-order chi connectivity index (χ1) is 11.7. The number of piperidine rings is 1. The molecule has 0 bridgehead atoms. The van der Waals surface area contributed by atoms with Crippen LogP contribution < -0.4 is 15.4 Å². The number of carbonyl (C=O) groups is 2. The van der Waals surface area contributed by atoms with Crippen molar-refractivity contribution >= 4 is 22.8 Å². The third-order valence-corrected chi connectivity index (χ3v) is 4.85. The van der Waals surface area contributed by atoms with Crippen molar-refractivity contribution in [3.63, 3.8) is 0 Å². The summed E-state index contributed by atoms with van der Waals surface area (Å²) in [7, 11) is 1.53. The quantitative estimate of drug-likeness (QED) is 0.902. The number of benzene rings is 1. The standard InChI is InChI=1S/C18H20N2O4/c1-23-16-11-4-2-3-5-13(11)24-17(16)18(22)19-12-8-9-14(21)20-15(12)10-6-7-10/h2-5,10,12,15H,6-9H2,1H3,(H,19,22)(H,20,21)/t12-,15+/m1/s1. The van der Waals surface area contributed by atoms with Gasteiger partial charge in [0.25, 0.3) is 5.91 Å². The largest absolute Gasteiger partial charge is 0.492 e. The SMILES string of the molecule is COc1c(C(=O)N[C@@H]2CCC(=O)N[C@H]2C2CC2)oc2ccccc12. The number of ether oxygens (including phenoxy) is 1. The first-order valence-corrected chi connectivity index (χ1v) is 8.33. The maximum atomic E-state index is 12.7. The van der Waals surface area contributed by atoms with Crippen LogP contribution in [0.25, 0.3) is 11.0 Å². The monoisotopic (exact) mass is 328 g/mol. The lowest BCUT2D eigenvalue weighted by Gasteiger charge is -2.32. The molecule has 1 aromatic heterocycles. The van der Waals surface area contributed by atoms with Gasteiger partial charge >= 0.3 is 0 Å². The molecule has 1 saturated carbocycles. The molecular weight excluding hydrogens is 308 g/mol. The lowest BCUT2D eigenvalue weighted by Crippen LogP contribution is -2.56. The molecule has 24 heavy (non-hydrogen) atoms. The van der Waals surface area contributed by atoms with E-state index < -0.39 is 0 Å². The number of para-hydroxylation sites is 1. The predicted molar refractivity (Wildman–Crippen MR) is 87.9 cm³/mol. The highest BCUT2D eigenvalue weighted by Crippen LogP contribution is 2.37. The molecule has 2 aliphatic rings. The Kier molecular flexibility index (Phi) is 3.67. The Hall–Kier alpha value is -2.50. The molecular formula is C18H20N2O4. The fourth-order valence-electron chi connectivity index (χ4n) is 3.50. The first-order valence-electron chi connectivity index (χ1n) is 8.33. The number of furan rings is 1. The third-order valence-electron chi connectivity index (χ3n) is 4.85. The van der Waals surface area contributed by atoms with Gasteiger partial charge in [0.15, 0.2) is 5.75 Å². The number of rotatable bonds is 4. The molecule has 2 N–H and O–H groups in total. The Morgan fingerprint density at radius 1 is 1.29 bits per heavy atom. The van der Waals surface area contributed by atoms with Gasteiger partial charge in [-0.25, -0.2) is 0 Å². The van der Waals surface area contributed by atoms with E-state index in [0.29, 0.717) is 30.1 Å². The van der Waals surface area contributed by atoms with Crippen LogP contribution in [0, 0.1) is 5.92 Å². The molecule has 6 nitrogen and oxygen atoms in total. The van der Waals surface area contributed by atoms with Gasteiger partial charge in [0.05, 0.1) is 24.6 Å². The second-order valence-corrected chi connectivity index (χ2v) is 6.51. The molecule has 6 heteroatoms. The maximum absolute atomic E-state index is 12.7. The Morgan fingerprint density at radius 2 is 2.08 bits per heavy atom. The van der Waals surface area contributed by atoms with Crippen LogP contribution in [0.5, 0.6) is 5.75 Å². The van der Waals surface area contributed by atoms with Gasteiger partial charge < -0.3 is 19.8 Å². The van der Waals surface area contributed by atoms with Crippen LogP contribution in [0.4, 0.5) is 0 Å². The Bertz CT molecular complexity index is 793. The summed E-state index contributed by atoms with van der Waals surface area (Å²) in [6, 6.07) is 7.35. The molecule has 2 fully saturated rings. The van der Waals surface area contributed by atoms with Crippen LogP contribution >= 0.6 is 0 Å². The highest BCUT2D eigenvalue weighted by molar-refractivity contribution is 6.01. The average molecular weight is 328 g/mol. The molecule has 0 radical (unpaired) electrons. The van der Waals surface area contributed by atoms with E-state index >= 15 is 0 Å². The topological polar surface area (TPSA) is 80.6 Å². The van der Waals surface area contributed by atoms with Gasteiger partial charge in [-0.05, 0) is 37.3 Å². The molecule has 2 aromatic rings. The van der Waals surface area contributed by atoms with Gasteiger partial charge in [0, 0.05) is 6.42 Å². The van der Waals surface area contributed by atoms with Crippen LogP contribution in [0.15, 0.2) is 28.7 Å². The van der Waals surface area contributed by atoms with Crippen molar-refractivity contribution in [3.8, 4) is 5.75 Å². The minimum atomic E-state index is -0.296. The number of amides is 2. The normalized spacial score (nSPS) is 23.8. The third kappa shape index (κ3) is 2.62. The molecule has 126 valence electrons. The lowest BCUT2D eigenvalue weighted by atomic mass is 9.94. The van der Waals surface area contributed by atoms with E-state index in [-0.39, 0.29) is 29.7 Å². The summed E-state index contributed by atoms with van der Waals surface area (Å²) in [5.41, 5.74) is 0.621. The zero-order chi connectivity index (χ0) is 16.7.